The minimum Gasteiger partial charge on any atom is -0.361 e. The Morgan fingerprint density at radius 3 is 2.91 bits per heavy atom. The summed E-state index contributed by atoms with van der Waals surface area (Å²) in [7, 11) is 0. The van der Waals surface area contributed by atoms with Gasteiger partial charge in [-0.05, 0) is 31.9 Å². The maximum Gasteiger partial charge on any atom is 0.271 e. The molecule has 1 unspecified atom stereocenters. The van der Waals surface area contributed by atoms with E-state index in [1.54, 1.807) is 4.57 Å². The van der Waals surface area contributed by atoms with E-state index < -0.39 is 0 Å². The van der Waals surface area contributed by atoms with Crippen molar-refractivity contribution in [1.82, 2.24) is 9.55 Å². The van der Waals surface area contributed by atoms with Crippen LogP contribution in [0.4, 0.5) is 5.69 Å². The molecule has 0 radical (unpaired) electrons. The van der Waals surface area contributed by atoms with Gasteiger partial charge < -0.3 is 5.32 Å². The summed E-state index contributed by atoms with van der Waals surface area (Å²) in [6, 6.07) is 11.8. The van der Waals surface area contributed by atoms with E-state index in [1.807, 2.05) is 49.5 Å². The Hall–Kier alpha value is -2.87. The first-order chi connectivity index (χ1) is 10.7. The topological polar surface area (TPSA) is 70.7 Å². The fraction of sp³-hybridized carbons (Fsp3) is 0.235. The number of hydrogen-bond donors (Lipinski definition) is 1. The lowest BCUT2D eigenvalue weighted by atomic mass is 10.0. The Bertz CT molecular complexity index is 815. The van der Waals surface area contributed by atoms with E-state index >= 15 is 0 Å². The molecule has 0 fully saturated rings. The van der Waals surface area contributed by atoms with Gasteiger partial charge in [0.25, 0.3) is 5.56 Å². The summed E-state index contributed by atoms with van der Waals surface area (Å²) >= 11 is 0. The van der Waals surface area contributed by atoms with Gasteiger partial charge in [-0.25, -0.2) is 4.98 Å². The minimum absolute atomic E-state index is 0.0529. The summed E-state index contributed by atoms with van der Waals surface area (Å²) in [4.78, 5) is 16.7. The van der Waals surface area contributed by atoms with E-state index in [9.17, 15) is 4.79 Å². The molecule has 1 N–H and O–H groups in total. The maximum atomic E-state index is 12.3. The van der Waals surface area contributed by atoms with E-state index in [4.69, 9.17) is 5.26 Å². The van der Waals surface area contributed by atoms with Gasteiger partial charge in [0.1, 0.15) is 17.5 Å². The van der Waals surface area contributed by atoms with Crippen LogP contribution < -0.4 is 10.9 Å². The maximum absolute atomic E-state index is 12.3. The number of benzene rings is 1. The first-order valence-electron chi connectivity index (χ1n) is 7.23. The Kier molecular flexibility index (Phi) is 3.75. The van der Waals surface area contributed by atoms with Crippen molar-refractivity contribution in [1.29, 1.82) is 5.26 Å². The van der Waals surface area contributed by atoms with E-state index in [0.717, 1.165) is 24.1 Å². The Morgan fingerprint density at radius 2 is 2.18 bits per heavy atom. The molecule has 5 nitrogen and oxygen atoms in total. The third-order valence-electron chi connectivity index (χ3n) is 3.86. The monoisotopic (exact) mass is 292 g/mol. The first kappa shape index (κ1) is 14.1. The second-order valence-electron chi connectivity index (χ2n) is 5.35. The van der Waals surface area contributed by atoms with Gasteiger partial charge in [0.15, 0.2) is 0 Å². The summed E-state index contributed by atoms with van der Waals surface area (Å²) < 4.78 is 1.63. The molecule has 3 rings (SSSR count). The number of fused-ring (bicyclic) bond motifs is 1. The van der Waals surface area contributed by atoms with Crippen molar-refractivity contribution < 1.29 is 0 Å². The lowest BCUT2D eigenvalue weighted by molar-refractivity contribution is 0.462. The van der Waals surface area contributed by atoms with Crippen molar-refractivity contribution in [2.45, 2.75) is 25.8 Å². The first-order valence-corrected chi connectivity index (χ1v) is 7.23. The Balaban J connectivity index is 2.01. The van der Waals surface area contributed by atoms with Crippen LogP contribution >= 0.6 is 0 Å². The van der Waals surface area contributed by atoms with Crippen molar-refractivity contribution >= 4 is 11.3 Å². The summed E-state index contributed by atoms with van der Waals surface area (Å²) in [6.45, 7) is 1.98. The highest BCUT2D eigenvalue weighted by molar-refractivity contribution is 5.65. The molecule has 0 amide bonds. The molecule has 0 saturated carbocycles. The molecule has 2 aromatic rings. The standard InChI is InChI=1S/C17H16N4O/c1-12-7-8-13(10-19-15-5-3-2-4-6-15)16-20-11-14(9-18)17(22)21(12)16/h2-6,10-12,19H,7-8H2,1H3. The summed E-state index contributed by atoms with van der Waals surface area (Å²) in [5, 5.41) is 12.2. The largest absolute Gasteiger partial charge is 0.361 e. The lowest BCUT2D eigenvalue weighted by Crippen LogP contribution is -2.32. The summed E-state index contributed by atoms with van der Waals surface area (Å²) in [6.07, 6.45) is 4.96. The average Bonchev–Trinajstić information content (AvgIpc) is 2.55. The number of nitrogens with zero attached hydrogens (tertiary/aromatic N) is 3. The molecule has 0 aliphatic carbocycles. The highest BCUT2D eigenvalue weighted by Gasteiger charge is 2.23. The van der Waals surface area contributed by atoms with Crippen LogP contribution in [-0.2, 0) is 0 Å². The molecule has 1 atom stereocenters. The number of rotatable bonds is 2. The molecule has 0 bridgehead atoms. The van der Waals surface area contributed by atoms with E-state index in [1.165, 1.54) is 6.20 Å². The van der Waals surface area contributed by atoms with E-state index in [0.29, 0.717) is 5.82 Å². The molecule has 2 heterocycles. The molecule has 0 spiro atoms. The van der Waals surface area contributed by atoms with E-state index in [2.05, 4.69) is 10.3 Å². The molecular weight excluding hydrogens is 276 g/mol. The molecular formula is C17H16N4O. The van der Waals surface area contributed by atoms with Crippen LogP contribution in [0.2, 0.25) is 0 Å². The van der Waals surface area contributed by atoms with Crippen LogP contribution in [0.1, 0.15) is 37.2 Å². The Morgan fingerprint density at radius 1 is 1.41 bits per heavy atom. The zero-order valence-corrected chi connectivity index (χ0v) is 12.3. The Labute approximate surface area is 128 Å². The number of allylic oxidation sites excluding steroid dienone is 1. The van der Waals surface area contributed by atoms with Gasteiger partial charge in [0, 0.05) is 23.5 Å². The number of nitrogens with one attached hydrogen (secondary N) is 1. The van der Waals surface area contributed by atoms with Gasteiger partial charge in [0.2, 0.25) is 0 Å². The molecule has 5 heteroatoms. The number of anilines is 1. The molecule has 1 aliphatic rings. The number of para-hydroxylation sites is 1. The van der Waals surface area contributed by atoms with Crippen molar-refractivity contribution in [3.05, 3.63) is 64.5 Å². The van der Waals surface area contributed by atoms with Crippen LogP contribution in [-0.4, -0.2) is 9.55 Å². The number of hydrogen-bond acceptors (Lipinski definition) is 4. The number of aromatic nitrogens is 2. The fourth-order valence-electron chi connectivity index (χ4n) is 2.64. The van der Waals surface area contributed by atoms with Crippen molar-refractivity contribution in [2.75, 3.05) is 5.32 Å². The zero-order valence-electron chi connectivity index (χ0n) is 12.3. The summed E-state index contributed by atoms with van der Waals surface area (Å²) in [5.41, 5.74) is 1.79. The highest BCUT2D eigenvalue weighted by atomic mass is 16.1. The van der Waals surface area contributed by atoms with Crippen LogP contribution in [0, 0.1) is 11.3 Å². The van der Waals surface area contributed by atoms with Crippen LogP contribution in [0.25, 0.3) is 5.57 Å². The molecule has 0 saturated heterocycles. The molecule has 1 aliphatic heterocycles. The molecule has 1 aromatic carbocycles. The van der Waals surface area contributed by atoms with E-state index in [-0.39, 0.29) is 17.2 Å². The summed E-state index contributed by atoms with van der Waals surface area (Å²) in [5.74, 6) is 0.645. The van der Waals surface area contributed by atoms with Crippen molar-refractivity contribution in [3.63, 3.8) is 0 Å². The van der Waals surface area contributed by atoms with Crippen molar-refractivity contribution in [2.24, 2.45) is 0 Å². The number of nitriles is 1. The van der Waals surface area contributed by atoms with Crippen LogP contribution in [0.15, 0.2) is 47.5 Å². The van der Waals surface area contributed by atoms with Gasteiger partial charge in [0.05, 0.1) is 6.20 Å². The van der Waals surface area contributed by atoms with Crippen LogP contribution in [0.3, 0.4) is 0 Å². The van der Waals surface area contributed by atoms with Gasteiger partial charge in [-0.3, -0.25) is 9.36 Å². The van der Waals surface area contributed by atoms with Gasteiger partial charge >= 0.3 is 0 Å². The molecule has 22 heavy (non-hydrogen) atoms. The zero-order chi connectivity index (χ0) is 15.5. The molecule has 1 aromatic heterocycles. The predicted octanol–water partition coefficient (Wildman–Crippen LogP) is 2.92. The normalized spacial score (nSPS) is 18.5. The van der Waals surface area contributed by atoms with Gasteiger partial charge in [-0.15, -0.1) is 0 Å². The SMILES string of the molecule is CC1CCC(=CNc2ccccc2)c2ncc(C#N)c(=O)n21. The minimum atomic E-state index is -0.259. The second kappa shape index (κ2) is 5.86. The third-order valence-corrected chi connectivity index (χ3v) is 3.86. The molecule has 110 valence electrons. The lowest BCUT2D eigenvalue weighted by Gasteiger charge is -2.26. The van der Waals surface area contributed by atoms with Crippen molar-refractivity contribution in [3.8, 4) is 6.07 Å². The van der Waals surface area contributed by atoms with Gasteiger partial charge in [-0.2, -0.15) is 5.26 Å². The quantitative estimate of drug-likeness (QED) is 0.924. The predicted molar refractivity (Wildman–Crippen MR) is 85.2 cm³/mol. The van der Waals surface area contributed by atoms with Crippen LogP contribution in [0.5, 0.6) is 0 Å². The average molecular weight is 292 g/mol. The third kappa shape index (κ3) is 2.51. The fourth-order valence-corrected chi connectivity index (χ4v) is 2.64. The second-order valence-corrected chi connectivity index (χ2v) is 5.35. The van der Waals surface area contributed by atoms with Gasteiger partial charge in [-0.1, -0.05) is 18.2 Å². The smallest absolute Gasteiger partial charge is 0.271 e. The highest BCUT2D eigenvalue weighted by Crippen LogP contribution is 2.29.